The minimum Gasteiger partial charge on any atom is -0.379 e. The van der Waals surface area contributed by atoms with E-state index in [1.54, 1.807) is 0 Å². The van der Waals surface area contributed by atoms with Crippen LogP contribution < -0.4 is 16.2 Å². The van der Waals surface area contributed by atoms with E-state index in [9.17, 15) is 4.79 Å². The largest absolute Gasteiger partial charge is 0.379 e. The molecule has 0 radical (unpaired) electrons. The first-order valence-corrected chi connectivity index (χ1v) is 8.83. The summed E-state index contributed by atoms with van der Waals surface area (Å²) < 4.78 is 5.32. The number of nitrogens with zero attached hydrogens (tertiary/aromatic N) is 1. The second-order valence-electron chi connectivity index (χ2n) is 5.69. The minimum absolute atomic E-state index is 0.199. The standard InChI is InChI=1S/C17H26N4O2S/c1-2-14-4-6-15(7-5-14)16(22)19-20-17(24)18-8-3-9-21-10-12-23-13-11-21/h4-7H,2-3,8-13H2,1H3,(H,19,22)(H2,18,20,24). The Morgan fingerprint density at radius 1 is 1.21 bits per heavy atom. The van der Waals surface area contributed by atoms with E-state index in [-0.39, 0.29) is 5.91 Å². The van der Waals surface area contributed by atoms with Gasteiger partial charge in [-0.1, -0.05) is 19.1 Å². The van der Waals surface area contributed by atoms with Gasteiger partial charge in [-0.15, -0.1) is 0 Å². The van der Waals surface area contributed by atoms with E-state index in [0.29, 0.717) is 10.7 Å². The molecule has 6 nitrogen and oxygen atoms in total. The third-order valence-corrected chi connectivity index (χ3v) is 4.20. The van der Waals surface area contributed by atoms with E-state index in [4.69, 9.17) is 17.0 Å². The van der Waals surface area contributed by atoms with Crippen LogP contribution in [-0.4, -0.2) is 55.3 Å². The molecular formula is C17H26N4O2S. The molecule has 1 fully saturated rings. The summed E-state index contributed by atoms with van der Waals surface area (Å²) in [6, 6.07) is 7.54. The van der Waals surface area contributed by atoms with Crippen molar-refractivity contribution in [3.05, 3.63) is 35.4 Å². The first-order valence-electron chi connectivity index (χ1n) is 8.42. The highest BCUT2D eigenvalue weighted by Gasteiger charge is 2.09. The van der Waals surface area contributed by atoms with Gasteiger partial charge >= 0.3 is 0 Å². The van der Waals surface area contributed by atoms with Crippen LogP contribution in [0.5, 0.6) is 0 Å². The van der Waals surface area contributed by atoms with Crippen molar-refractivity contribution >= 4 is 23.2 Å². The Kier molecular flexibility index (Phi) is 7.94. The lowest BCUT2D eigenvalue weighted by atomic mass is 10.1. The lowest BCUT2D eigenvalue weighted by Crippen LogP contribution is -2.47. The van der Waals surface area contributed by atoms with Gasteiger partial charge in [0.1, 0.15) is 0 Å². The minimum atomic E-state index is -0.199. The summed E-state index contributed by atoms with van der Waals surface area (Å²) in [5.41, 5.74) is 7.15. The molecule has 24 heavy (non-hydrogen) atoms. The summed E-state index contributed by atoms with van der Waals surface area (Å²) >= 11 is 5.16. The number of amides is 1. The molecule has 1 amide bonds. The average molecular weight is 350 g/mol. The molecule has 3 N–H and O–H groups in total. The Balaban J connectivity index is 1.58. The van der Waals surface area contributed by atoms with Crippen LogP contribution in [0.1, 0.15) is 29.3 Å². The number of carbonyl (C=O) groups is 1. The van der Waals surface area contributed by atoms with Gasteiger partial charge < -0.3 is 10.1 Å². The number of carbonyl (C=O) groups excluding carboxylic acids is 1. The summed E-state index contributed by atoms with van der Waals surface area (Å²) in [5.74, 6) is -0.199. The lowest BCUT2D eigenvalue weighted by molar-refractivity contribution is 0.0376. The van der Waals surface area contributed by atoms with E-state index in [1.165, 1.54) is 5.56 Å². The average Bonchev–Trinajstić information content (AvgIpc) is 2.64. The van der Waals surface area contributed by atoms with Gasteiger partial charge in [0, 0.05) is 25.2 Å². The molecule has 0 spiro atoms. The smallest absolute Gasteiger partial charge is 0.269 e. The molecule has 1 heterocycles. The Labute approximate surface area is 148 Å². The molecule has 132 valence electrons. The van der Waals surface area contributed by atoms with E-state index >= 15 is 0 Å². The van der Waals surface area contributed by atoms with Gasteiger partial charge in [0.05, 0.1) is 13.2 Å². The highest BCUT2D eigenvalue weighted by atomic mass is 32.1. The molecule has 2 rings (SSSR count). The fourth-order valence-corrected chi connectivity index (χ4v) is 2.60. The molecule has 1 aliphatic heterocycles. The number of ether oxygens (including phenoxy) is 1. The lowest BCUT2D eigenvalue weighted by Gasteiger charge is -2.26. The molecule has 0 unspecified atom stereocenters. The maximum Gasteiger partial charge on any atom is 0.269 e. The molecule has 1 aliphatic rings. The van der Waals surface area contributed by atoms with E-state index in [2.05, 4.69) is 28.0 Å². The maximum absolute atomic E-state index is 12.0. The van der Waals surface area contributed by atoms with Crippen molar-refractivity contribution in [2.75, 3.05) is 39.4 Å². The summed E-state index contributed by atoms with van der Waals surface area (Å²) in [6.07, 6.45) is 1.95. The van der Waals surface area contributed by atoms with Crippen LogP contribution in [-0.2, 0) is 11.2 Å². The number of aryl methyl sites for hydroxylation is 1. The van der Waals surface area contributed by atoms with E-state index < -0.39 is 0 Å². The van der Waals surface area contributed by atoms with Crippen molar-refractivity contribution in [1.82, 2.24) is 21.1 Å². The van der Waals surface area contributed by atoms with E-state index in [0.717, 1.165) is 52.2 Å². The molecule has 1 aromatic rings. The van der Waals surface area contributed by atoms with Crippen LogP contribution in [0.15, 0.2) is 24.3 Å². The fraction of sp³-hybridized carbons (Fsp3) is 0.529. The summed E-state index contributed by atoms with van der Waals surface area (Å²) in [7, 11) is 0. The van der Waals surface area contributed by atoms with Crippen molar-refractivity contribution in [1.29, 1.82) is 0 Å². The Morgan fingerprint density at radius 2 is 1.92 bits per heavy atom. The zero-order valence-electron chi connectivity index (χ0n) is 14.1. The van der Waals surface area contributed by atoms with Crippen LogP contribution in [0.25, 0.3) is 0 Å². The maximum atomic E-state index is 12.0. The molecule has 0 bridgehead atoms. The Hall–Kier alpha value is -1.70. The predicted molar refractivity (Wildman–Crippen MR) is 98.9 cm³/mol. The highest BCUT2D eigenvalue weighted by Crippen LogP contribution is 2.04. The Morgan fingerprint density at radius 3 is 2.58 bits per heavy atom. The van der Waals surface area contributed by atoms with Gasteiger partial charge in [0.2, 0.25) is 0 Å². The number of rotatable bonds is 6. The van der Waals surface area contributed by atoms with Crippen molar-refractivity contribution in [2.45, 2.75) is 19.8 Å². The zero-order valence-corrected chi connectivity index (χ0v) is 15.0. The van der Waals surface area contributed by atoms with Crippen LogP contribution in [0.4, 0.5) is 0 Å². The number of hydrogen-bond acceptors (Lipinski definition) is 4. The molecule has 7 heteroatoms. The molecule has 0 aromatic heterocycles. The quantitative estimate of drug-likeness (QED) is 0.405. The molecule has 0 aliphatic carbocycles. The second kappa shape index (κ2) is 10.2. The van der Waals surface area contributed by atoms with Crippen LogP contribution in [0.3, 0.4) is 0 Å². The third-order valence-electron chi connectivity index (χ3n) is 3.95. The van der Waals surface area contributed by atoms with Gasteiger partial charge in [0.25, 0.3) is 5.91 Å². The van der Waals surface area contributed by atoms with Crippen molar-refractivity contribution in [2.24, 2.45) is 0 Å². The first-order chi connectivity index (χ1) is 11.7. The van der Waals surface area contributed by atoms with Crippen molar-refractivity contribution in [3.8, 4) is 0 Å². The highest BCUT2D eigenvalue weighted by molar-refractivity contribution is 7.80. The second-order valence-corrected chi connectivity index (χ2v) is 6.10. The summed E-state index contributed by atoms with van der Waals surface area (Å²) in [5, 5.41) is 3.52. The third kappa shape index (κ3) is 6.43. The molecular weight excluding hydrogens is 324 g/mol. The Bertz CT molecular complexity index is 530. The normalized spacial score (nSPS) is 14.9. The van der Waals surface area contributed by atoms with Crippen LogP contribution in [0.2, 0.25) is 0 Å². The van der Waals surface area contributed by atoms with Gasteiger partial charge in [-0.2, -0.15) is 0 Å². The van der Waals surface area contributed by atoms with Crippen molar-refractivity contribution < 1.29 is 9.53 Å². The van der Waals surface area contributed by atoms with E-state index in [1.807, 2.05) is 24.3 Å². The van der Waals surface area contributed by atoms with Gasteiger partial charge in [-0.3, -0.25) is 20.5 Å². The van der Waals surface area contributed by atoms with Crippen LogP contribution >= 0.6 is 12.2 Å². The number of hydrazine groups is 1. The summed E-state index contributed by atoms with van der Waals surface area (Å²) in [6.45, 7) is 7.50. The van der Waals surface area contributed by atoms with Gasteiger partial charge in [-0.05, 0) is 49.3 Å². The van der Waals surface area contributed by atoms with Gasteiger partial charge in [0.15, 0.2) is 5.11 Å². The predicted octanol–water partition coefficient (Wildman–Crippen LogP) is 1.08. The number of nitrogens with one attached hydrogen (secondary N) is 3. The molecule has 1 aromatic carbocycles. The monoisotopic (exact) mass is 350 g/mol. The zero-order chi connectivity index (χ0) is 17.2. The number of morpholine rings is 1. The topological polar surface area (TPSA) is 65.6 Å². The molecule has 0 atom stereocenters. The number of hydrogen-bond donors (Lipinski definition) is 3. The van der Waals surface area contributed by atoms with Crippen LogP contribution in [0, 0.1) is 0 Å². The molecule has 0 saturated carbocycles. The number of benzene rings is 1. The summed E-state index contributed by atoms with van der Waals surface area (Å²) in [4.78, 5) is 14.4. The van der Waals surface area contributed by atoms with Crippen molar-refractivity contribution in [3.63, 3.8) is 0 Å². The first kappa shape index (κ1) is 18.6. The molecule has 1 saturated heterocycles. The number of thiocarbonyl (C=S) groups is 1. The SMILES string of the molecule is CCc1ccc(C(=O)NNC(=S)NCCCN2CCOCC2)cc1. The van der Waals surface area contributed by atoms with Gasteiger partial charge in [-0.25, -0.2) is 0 Å². The fourth-order valence-electron chi connectivity index (χ4n) is 2.45.